The van der Waals surface area contributed by atoms with E-state index in [4.69, 9.17) is 0 Å². The van der Waals surface area contributed by atoms with Gasteiger partial charge in [0.05, 0.1) is 15.3 Å². The Balaban J connectivity index is 2.25. The van der Waals surface area contributed by atoms with Crippen LogP contribution in [0.25, 0.3) is 11.0 Å². The van der Waals surface area contributed by atoms with Gasteiger partial charge in [-0.3, -0.25) is 0 Å². The molecule has 0 saturated heterocycles. The van der Waals surface area contributed by atoms with E-state index in [0.29, 0.717) is 9.16 Å². The molecule has 3 rings (SSSR count). The zero-order valence-corrected chi connectivity index (χ0v) is 14.9. The first-order valence-corrected chi connectivity index (χ1v) is 8.96. The zero-order valence-electron chi connectivity index (χ0n) is 12.5. The Hall–Kier alpha value is -2.00. The molecule has 0 fully saturated rings. The van der Waals surface area contributed by atoms with Gasteiger partial charge < -0.3 is 5.21 Å². The van der Waals surface area contributed by atoms with Crippen LogP contribution in [0.15, 0.2) is 58.5 Å². The molecular weight excluding hydrogens is 421 g/mol. The van der Waals surface area contributed by atoms with Crippen molar-refractivity contribution < 1.29 is 22.8 Å². The molecule has 0 aliphatic carbocycles. The van der Waals surface area contributed by atoms with Gasteiger partial charge in [-0.15, -0.1) is 0 Å². The summed E-state index contributed by atoms with van der Waals surface area (Å²) in [5, 5.41) is 10.6. The van der Waals surface area contributed by atoms with Crippen molar-refractivity contribution in [1.82, 2.24) is 4.73 Å². The van der Waals surface area contributed by atoms with Crippen molar-refractivity contribution in [1.29, 1.82) is 0 Å². The summed E-state index contributed by atoms with van der Waals surface area (Å²) in [6.07, 6.45) is -4.57. The maximum atomic E-state index is 12.9. The highest BCUT2D eigenvalue weighted by Crippen LogP contribution is 2.33. The average Bonchev–Trinajstić information content (AvgIpc) is 2.59. The summed E-state index contributed by atoms with van der Waals surface area (Å²) < 4.78 is 39.9. The van der Waals surface area contributed by atoms with E-state index in [-0.39, 0.29) is 27.1 Å². The van der Waals surface area contributed by atoms with Crippen LogP contribution in [0.5, 0.6) is 0 Å². The van der Waals surface area contributed by atoms with Gasteiger partial charge in [0.1, 0.15) is 0 Å². The maximum Gasteiger partial charge on any atom is 0.416 e. The molecule has 0 saturated carbocycles. The van der Waals surface area contributed by atoms with Crippen LogP contribution < -0.4 is 4.43 Å². The highest BCUT2D eigenvalue weighted by Gasteiger charge is 2.33. The molecule has 0 atom stereocenters. The molecule has 25 heavy (non-hydrogen) atoms. The first-order chi connectivity index (χ1) is 11.8. The highest BCUT2D eigenvalue weighted by molar-refractivity contribution is 9.08. The van der Waals surface area contributed by atoms with E-state index in [1.165, 1.54) is 0 Å². The van der Waals surface area contributed by atoms with Crippen LogP contribution in [-0.4, -0.2) is 9.94 Å². The SMILES string of the molecule is O=[n+]1c(Sc2ccccc2)c(CBr)n(O)c2cc(C(F)(F)F)ccc21. The van der Waals surface area contributed by atoms with Crippen molar-refractivity contribution in [2.75, 3.05) is 0 Å². The fourth-order valence-electron chi connectivity index (χ4n) is 2.32. The lowest BCUT2D eigenvalue weighted by Gasteiger charge is -2.10. The maximum absolute atomic E-state index is 12.9. The largest absolute Gasteiger partial charge is 0.428 e. The van der Waals surface area contributed by atoms with Gasteiger partial charge in [0, 0.05) is 15.9 Å². The lowest BCUT2D eigenvalue weighted by molar-refractivity contribution is -0.511. The molecule has 0 radical (unpaired) electrons. The van der Waals surface area contributed by atoms with Gasteiger partial charge >= 0.3 is 11.2 Å². The standard InChI is InChI=1S/C16H11BrF3N2O2S/c17-9-14-15(25-11-4-2-1-3-5-11)22(24)12-7-6-10(16(18,19)20)8-13(12)21(14)23/h1-8,23H,9H2/q+1. The van der Waals surface area contributed by atoms with Crippen molar-refractivity contribution in [3.8, 4) is 0 Å². The van der Waals surface area contributed by atoms with E-state index in [0.717, 1.165) is 34.9 Å². The minimum absolute atomic E-state index is 0.0568. The van der Waals surface area contributed by atoms with Crippen LogP contribution in [0.3, 0.4) is 0 Å². The van der Waals surface area contributed by atoms with Gasteiger partial charge in [-0.05, 0) is 36.0 Å². The number of aromatic nitrogens is 2. The molecule has 3 aromatic rings. The fraction of sp³-hybridized carbons (Fsp3) is 0.125. The first-order valence-electron chi connectivity index (χ1n) is 7.02. The summed E-state index contributed by atoms with van der Waals surface area (Å²) in [6, 6.07) is 11.7. The van der Waals surface area contributed by atoms with Gasteiger partial charge in [-0.1, -0.05) is 34.1 Å². The molecule has 2 aromatic carbocycles. The Morgan fingerprint density at radius 3 is 2.44 bits per heavy atom. The lowest BCUT2D eigenvalue weighted by Crippen LogP contribution is -2.25. The summed E-state index contributed by atoms with van der Waals surface area (Å²) in [7, 11) is 0. The van der Waals surface area contributed by atoms with Crippen molar-refractivity contribution in [3.63, 3.8) is 0 Å². The Morgan fingerprint density at radius 2 is 1.84 bits per heavy atom. The molecule has 4 nitrogen and oxygen atoms in total. The van der Waals surface area contributed by atoms with Gasteiger partial charge in [0.15, 0.2) is 11.2 Å². The Bertz CT molecular complexity index is 991. The number of hydrogen-bond donors (Lipinski definition) is 1. The van der Waals surface area contributed by atoms with Crippen LogP contribution in [0.2, 0.25) is 0 Å². The third-order valence-corrected chi connectivity index (χ3v) is 5.15. The number of benzene rings is 2. The van der Waals surface area contributed by atoms with E-state index in [1.54, 1.807) is 24.3 Å². The summed E-state index contributed by atoms with van der Waals surface area (Å²) in [5.74, 6) is 0. The van der Waals surface area contributed by atoms with E-state index < -0.39 is 11.7 Å². The topological polar surface area (TPSA) is 48.1 Å². The van der Waals surface area contributed by atoms with Crippen molar-refractivity contribution in [2.45, 2.75) is 21.4 Å². The van der Waals surface area contributed by atoms with Crippen molar-refractivity contribution in [2.24, 2.45) is 0 Å². The van der Waals surface area contributed by atoms with E-state index in [1.807, 2.05) is 6.07 Å². The predicted molar refractivity (Wildman–Crippen MR) is 90.7 cm³/mol. The second-order valence-corrected chi connectivity index (χ2v) is 6.73. The first kappa shape index (κ1) is 17.8. The van der Waals surface area contributed by atoms with E-state index in [2.05, 4.69) is 15.9 Å². The quantitative estimate of drug-likeness (QED) is 0.366. The summed E-state index contributed by atoms with van der Waals surface area (Å²) in [5.41, 5.74) is -1.04. The molecule has 1 heterocycles. The van der Waals surface area contributed by atoms with Gasteiger partial charge in [-0.2, -0.15) is 17.9 Å². The predicted octanol–water partition coefficient (Wildman–Crippen LogP) is 4.86. The fourth-order valence-corrected chi connectivity index (χ4v) is 3.98. The third-order valence-electron chi connectivity index (χ3n) is 3.52. The summed E-state index contributed by atoms with van der Waals surface area (Å²) >= 11 is 4.30. The minimum atomic E-state index is -4.57. The normalized spacial score (nSPS) is 11.8. The summed E-state index contributed by atoms with van der Waals surface area (Å²) in [6.45, 7) is 0. The average molecular weight is 432 g/mol. The van der Waals surface area contributed by atoms with Crippen LogP contribution in [0, 0.1) is 4.91 Å². The van der Waals surface area contributed by atoms with Gasteiger partial charge in [0.25, 0.3) is 5.52 Å². The number of fused-ring (bicyclic) bond motifs is 1. The van der Waals surface area contributed by atoms with Crippen LogP contribution in [0.4, 0.5) is 13.2 Å². The smallest absolute Gasteiger partial charge is 0.416 e. The Kier molecular flexibility index (Phi) is 4.79. The van der Waals surface area contributed by atoms with Crippen LogP contribution in [0.1, 0.15) is 11.3 Å². The Morgan fingerprint density at radius 1 is 1.16 bits per heavy atom. The molecular formula is C16H11BrF3N2O2S+. The molecule has 0 amide bonds. The van der Waals surface area contributed by atoms with Crippen molar-refractivity contribution >= 4 is 38.7 Å². The van der Waals surface area contributed by atoms with Crippen molar-refractivity contribution in [3.05, 3.63) is 64.7 Å². The second kappa shape index (κ2) is 6.72. The molecule has 1 N–H and O–H groups in total. The molecule has 0 aliphatic rings. The third kappa shape index (κ3) is 3.38. The Labute approximate surface area is 152 Å². The molecule has 0 unspecified atom stereocenters. The summed E-state index contributed by atoms with van der Waals surface area (Å²) in [4.78, 5) is 13.5. The van der Waals surface area contributed by atoms with E-state index >= 15 is 0 Å². The molecule has 1 aromatic heterocycles. The monoisotopic (exact) mass is 431 g/mol. The molecule has 130 valence electrons. The molecule has 0 aliphatic heterocycles. The van der Waals surface area contributed by atoms with Crippen LogP contribution >= 0.6 is 27.7 Å². The van der Waals surface area contributed by atoms with Gasteiger partial charge in [-0.25, -0.2) is 0 Å². The zero-order chi connectivity index (χ0) is 18.2. The lowest BCUT2D eigenvalue weighted by atomic mass is 10.2. The number of rotatable bonds is 3. The molecule has 9 heteroatoms. The number of halogens is 4. The second-order valence-electron chi connectivity index (χ2n) is 5.11. The number of alkyl halides is 4. The minimum Gasteiger partial charge on any atom is -0.428 e. The molecule has 0 spiro atoms. The van der Waals surface area contributed by atoms with Crippen LogP contribution in [-0.2, 0) is 11.5 Å². The number of hydrogen-bond acceptors (Lipinski definition) is 3. The van der Waals surface area contributed by atoms with E-state index in [9.17, 15) is 23.3 Å². The molecule has 0 bridgehead atoms. The highest BCUT2D eigenvalue weighted by atomic mass is 79.9. The number of nitrogens with zero attached hydrogens (tertiary/aromatic N) is 2. The van der Waals surface area contributed by atoms with Gasteiger partial charge in [0.2, 0.25) is 0 Å².